The molecule has 1 aliphatic rings. The number of rotatable bonds is 2. The minimum absolute atomic E-state index is 0. The molecule has 0 fully saturated rings. The lowest BCUT2D eigenvalue weighted by Gasteiger charge is -2.33. The van der Waals surface area contributed by atoms with Gasteiger partial charge in [0.1, 0.15) is 5.69 Å². The number of hydrogen-bond donors (Lipinski definition) is 0. The van der Waals surface area contributed by atoms with Gasteiger partial charge in [-0.3, -0.25) is 0 Å². The summed E-state index contributed by atoms with van der Waals surface area (Å²) in [4.78, 5) is 2.45. The number of anilines is 1. The Balaban J connectivity index is 0.00000196. The monoisotopic (exact) mass is 348 g/mol. The fourth-order valence-electron chi connectivity index (χ4n) is 3.63. The van der Waals surface area contributed by atoms with Gasteiger partial charge in [-0.05, 0) is 39.3 Å². The number of hydrogen-bond acceptors (Lipinski definition) is 3. The van der Waals surface area contributed by atoms with Crippen molar-refractivity contribution in [2.24, 2.45) is 0 Å². The third kappa shape index (κ3) is 2.79. The van der Waals surface area contributed by atoms with Crippen molar-refractivity contribution in [2.45, 2.75) is 53.8 Å². The van der Waals surface area contributed by atoms with Crippen LogP contribution in [0.15, 0.2) is 48.5 Å². The number of fused-ring (bicyclic) bond motifs is 5. The van der Waals surface area contributed by atoms with Gasteiger partial charge in [-0.15, -0.1) is 5.10 Å². The molecule has 4 nitrogen and oxygen atoms in total. The minimum Gasteiger partial charge on any atom is -0.364 e. The summed E-state index contributed by atoms with van der Waals surface area (Å²) in [6, 6.07) is 17.9. The van der Waals surface area contributed by atoms with E-state index in [2.05, 4.69) is 96.1 Å². The maximum Gasteiger partial charge on any atom is 0.123 e. The molecule has 0 bridgehead atoms. The van der Waals surface area contributed by atoms with E-state index in [0.717, 1.165) is 23.5 Å². The lowest BCUT2D eigenvalue weighted by Crippen LogP contribution is -2.31. The molecule has 0 saturated heterocycles. The molecule has 4 rings (SSSR count). The maximum atomic E-state index is 4.60. The summed E-state index contributed by atoms with van der Waals surface area (Å²) in [6.45, 7) is 9.68. The molecule has 2 aromatic carbocycles. The summed E-state index contributed by atoms with van der Waals surface area (Å²) >= 11 is 0. The van der Waals surface area contributed by atoms with Crippen molar-refractivity contribution in [3.05, 3.63) is 54.1 Å². The second-order valence-corrected chi connectivity index (χ2v) is 7.22. The molecule has 0 amide bonds. The predicted octanol–water partition coefficient (Wildman–Crippen LogP) is 5.56. The lowest BCUT2D eigenvalue weighted by atomic mass is 9.95. The van der Waals surface area contributed by atoms with E-state index in [0.29, 0.717) is 6.04 Å². The molecular formula is C22H28N4. The highest BCUT2D eigenvalue weighted by atomic mass is 15.4. The average Bonchev–Trinajstić information content (AvgIpc) is 3.03. The Kier molecular flexibility index (Phi) is 4.86. The first-order valence-electron chi connectivity index (χ1n) is 8.97. The van der Waals surface area contributed by atoms with Crippen molar-refractivity contribution in [3.63, 3.8) is 0 Å². The van der Waals surface area contributed by atoms with Crippen LogP contribution in [-0.2, 0) is 6.54 Å². The quantitative estimate of drug-likeness (QED) is 0.608. The highest BCUT2D eigenvalue weighted by Crippen LogP contribution is 2.42. The number of aromatic nitrogens is 3. The summed E-state index contributed by atoms with van der Waals surface area (Å²) in [6.07, 6.45) is 0. The molecule has 0 unspecified atom stereocenters. The van der Waals surface area contributed by atoms with Gasteiger partial charge in [-0.2, -0.15) is 0 Å². The van der Waals surface area contributed by atoms with E-state index in [-0.39, 0.29) is 13.5 Å². The topological polar surface area (TPSA) is 34.0 Å². The molecule has 2 heterocycles. The zero-order chi connectivity index (χ0) is 17.6. The first kappa shape index (κ1) is 18.2. The molecule has 0 atom stereocenters. The van der Waals surface area contributed by atoms with E-state index < -0.39 is 0 Å². The Morgan fingerprint density at radius 2 is 1.50 bits per heavy atom. The Hall–Kier alpha value is -2.62. The maximum absolute atomic E-state index is 4.60. The summed E-state index contributed by atoms with van der Waals surface area (Å²) in [7, 11) is 0. The second kappa shape index (κ2) is 6.94. The Morgan fingerprint density at radius 3 is 2.19 bits per heavy atom. The van der Waals surface area contributed by atoms with Gasteiger partial charge < -0.3 is 4.90 Å². The Labute approximate surface area is 156 Å². The largest absolute Gasteiger partial charge is 0.364 e. The first-order chi connectivity index (χ1) is 12.1. The summed E-state index contributed by atoms with van der Waals surface area (Å²) in [5.74, 6) is 0. The summed E-state index contributed by atoms with van der Waals surface area (Å²) in [5, 5.41) is 9.10. The number of para-hydroxylation sites is 1. The normalized spacial score (nSPS) is 12.8. The zero-order valence-corrected chi connectivity index (χ0v) is 15.3. The molecule has 0 N–H and O–H groups in total. The smallest absolute Gasteiger partial charge is 0.123 e. The van der Waals surface area contributed by atoms with E-state index in [4.69, 9.17) is 0 Å². The molecule has 26 heavy (non-hydrogen) atoms. The highest BCUT2D eigenvalue weighted by Gasteiger charge is 2.27. The fourth-order valence-corrected chi connectivity index (χ4v) is 3.63. The second-order valence-electron chi connectivity index (χ2n) is 7.22. The van der Waals surface area contributed by atoms with Crippen LogP contribution in [0.5, 0.6) is 0 Å². The predicted molar refractivity (Wildman–Crippen MR) is 109 cm³/mol. The zero-order valence-electron chi connectivity index (χ0n) is 15.3. The van der Waals surface area contributed by atoms with E-state index in [1.807, 2.05) is 0 Å². The molecular weight excluding hydrogens is 320 g/mol. The van der Waals surface area contributed by atoms with Crippen molar-refractivity contribution in [2.75, 3.05) is 4.90 Å². The Morgan fingerprint density at radius 1 is 0.846 bits per heavy atom. The summed E-state index contributed by atoms with van der Waals surface area (Å²) in [5.41, 5.74) is 7.03. The van der Waals surface area contributed by atoms with Crippen LogP contribution in [0, 0.1) is 0 Å². The molecule has 136 valence electrons. The van der Waals surface area contributed by atoms with Crippen LogP contribution in [0.3, 0.4) is 0 Å². The minimum atomic E-state index is 0. The molecule has 1 aliphatic heterocycles. The molecule has 0 radical (unpaired) electrons. The standard InChI is InChI=1S/C21H24N4.CH4/c1-14(2)24-13-16-9-5-6-10-17(16)21-20(22-23-25(21)15(3)4)18-11-7-8-12-19(18)24;/h5-12,14-15H,13H2,1-4H3;1H4. The first-order valence-corrected chi connectivity index (χ1v) is 8.97. The lowest BCUT2D eigenvalue weighted by molar-refractivity contribution is 0.519. The number of benzene rings is 2. The van der Waals surface area contributed by atoms with Gasteiger partial charge in [-0.25, -0.2) is 4.68 Å². The van der Waals surface area contributed by atoms with E-state index in [9.17, 15) is 0 Å². The van der Waals surface area contributed by atoms with Gasteiger partial charge in [0.15, 0.2) is 0 Å². The van der Waals surface area contributed by atoms with Gasteiger partial charge >= 0.3 is 0 Å². The SMILES string of the molecule is C.CC(C)N1Cc2ccccc2-c2c(nnn2C(C)C)-c2ccccc21. The van der Waals surface area contributed by atoms with Crippen molar-refractivity contribution < 1.29 is 0 Å². The van der Waals surface area contributed by atoms with Gasteiger partial charge in [0, 0.05) is 35.4 Å². The van der Waals surface area contributed by atoms with Crippen LogP contribution in [0.1, 0.15) is 46.7 Å². The third-order valence-corrected chi connectivity index (χ3v) is 4.89. The average molecular weight is 348 g/mol. The molecule has 0 spiro atoms. The third-order valence-electron chi connectivity index (χ3n) is 4.89. The van der Waals surface area contributed by atoms with Crippen molar-refractivity contribution in [1.29, 1.82) is 0 Å². The molecule has 1 aromatic heterocycles. The van der Waals surface area contributed by atoms with Crippen LogP contribution >= 0.6 is 0 Å². The van der Waals surface area contributed by atoms with Crippen molar-refractivity contribution in [3.8, 4) is 22.5 Å². The number of nitrogens with zero attached hydrogens (tertiary/aromatic N) is 4. The molecule has 0 saturated carbocycles. The van der Waals surface area contributed by atoms with Gasteiger partial charge in [0.25, 0.3) is 0 Å². The van der Waals surface area contributed by atoms with E-state index in [1.165, 1.54) is 16.8 Å². The van der Waals surface area contributed by atoms with Crippen LogP contribution in [0.2, 0.25) is 0 Å². The molecule has 3 aromatic rings. The van der Waals surface area contributed by atoms with Gasteiger partial charge in [-0.1, -0.05) is 55.1 Å². The van der Waals surface area contributed by atoms with Gasteiger partial charge in [0.2, 0.25) is 0 Å². The van der Waals surface area contributed by atoms with Crippen LogP contribution in [-0.4, -0.2) is 21.0 Å². The van der Waals surface area contributed by atoms with Crippen LogP contribution < -0.4 is 4.90 Å². The van der Waals surface area contributed by atoms with Crippen LogP contribution in [0.25, 0.3) is 22.5 Å². The molecule has 4 heteroatoms. The Bertz CT molecular complexity index is 908. The highest BCUT2D eigenvalue weighted by molar-refractivity contribution is 5.88. The summed E-state index contributed by atoms with van der Waals surface area (Å²) < 4.78 is 2.05. The van der Waals surface area contributed by atoms with E-state index >= 15 is 0 Å². The van der Waals surface area contributed by atoms with Crippen molar-refractivity contribution >= 4 is 5.69 Å². The van der Waals surface area contributed by atoms with Crippen LogP contribution in [0.4, 0.5) is 5.69 Å². The van der Waals surface area contributed by atoms with Crippen molar-refractivity contribution in [1.82, 2.24) is 15.0 Å². The molecule has 0 aliphatic carbocycles. The van der Waals surface area contributed by atoms with E-state index in [1.54, 1.807) is 0 Å². The van der Waals surface area contributed by atoms with Gasteiger partial charge in [0.05, 0.1) is 5.69 Å². The fraction of sp³-hybridized carbons (Fsp3) is 0.364.